The molecule has 0 aliphatic heterocycles. The van der Waals surface area contributed by atoms with Crippen LogP contribution in [0.4, 0.5) is 0 Å². The maximum atomic E-state index is 12.6. The molecule has 1 heterocycles. The molecule has 2 atom stereocenters. The number of amides is 1. The first-order valence-electron chi connectivity index (χ1n) is 9.04. The van der Waals surface area contributed by atoms with Gasteiger partial charge in [-0.1, -0.05) is 25.0 Å². The Hall–Kier alpha value is -1.92. The first kappa shape index (κ1) is 20.4. The molecule has 0 spiro atoms. The minimum Gasteiger partial charge on any atom is -0.353 e. The van der Waals surface area contributed by atoms with Gasteiger partial charge in [0.1, 0.15) is 0 Å². The van der Waals surface area contributed by atoms with E-state index in [2.05, 4.69) is 10.3 Å². The second kappa shape index (κ2) is 9.14. The van der Waals surface area contributed by atoms with Crippen molar-refractivity contribution in [1.29, 1.82) is 0 Å². The highest BCUT2D eigenvalue weighted by atomic mass is 35.5. The van der Waals surface area contributed by atoms with Crippen LogP contribution in [0.3, 0.4) is 0 Å². The zero-order valence-electron chi connectivity index (χ0n) is 15.1. The predicted molar refractivity (Wildman–Crippen MR) is 106 cm³/mol. The van der Waals surface area contributed by atoms with Gasteiger partial charge in [-0.15, -0.1) is 12.4 Å². The summed E-state index contributed by atoms with van der Waals surface area (Å²) >= 11 is 0. The second-order valence-electron chi connectivity index (χ2n) is 6.92. The number of nitrogens with two attached hydrogens (primary N) is 1. The third-order valence-electron chi connectivity index (χ3n) is 5.19. The maximum absolute atomic E-state index is 12.6. The third-order valence-corrected chi connectivity index (χ3v) is 5.19. The molecule has 7 heteroatoms. The van der Waals surface area contributed by atoms with Crippen molar-refractivity contribution in [3.8, 4) is 0 Å². The largest absolute Gasteiger partial charge is 0.353 e. The molecule has 1 saturated carbocycles. The van der Waals surface area contributed by atoms with E-state index in [0.29, 0.717) is 24.4 Å². The van der Waals surface area contributed by atoms with E-state index in [1.54, 1.807) is 6.07 Å². The molecule has 6 nitrogen and oxygen atoms in total. The van der Waals surface area contributed by atoms with Crippen LogP contribution < -0.4 is 16.6 Å². The molecule has 1 aliphatic rings. The van der Waals surface area contributed by atoms with E-state index in [1.165, 1.54) is 17.3 Å². The fourth-order valence-electron chi connectivity index (χ4n) is 3.68. The third kappa shape index (κ3) is 4.43. The van der Waals surface area contributed by atoms with Crippen LogP contribution in [0.1, 0.15) is 37.7 Å². The van der Waals surface area contributed by atoms with Gasteiger partial charge < -0.3 is 11.1 Å². The van der Waals surface area contributed by atoms with Crippen molar-refractivity contribution in [1.82, 2.24) is 14.9 Å². The Morgan fingerprint density at radius 2 is 2.12 bits per heavy atom. The van der Waals surface area contributed by atoms with E-state index in [0.717, 1.165) is 30.3 Å². The average molecular weight is 379 g/mol. The number of rotatable bonds is 5. The summed E-state index contributed by atoms with van der Waals surface area (Å²) in [5.41, 5.74) is 7.42. The van der Waals surface area contributed by atoms with Crippen molar-refractivity contribution in [2.24, 2.45) is 11.7 Å². The number of hydrogen-bond donors (Lipinski definition) is 2. The normalized spacial score (nSPS) is 19.8. The summed E-state index contributed by atoms with van der Waals surface area (Å²) in [6.07, 6.45) is 6.20. The molecule has 26 heavy (non-hydrogen) atoms. The number of hydrogen-bond acceptors (Lipinski definition) is 4. The molecule has 142 valence electrons. The molecule has 1 amide bonds. The maximum Gasteiger partial charge on any atom is 0.261 e. The minimum atomic E-state index is -0.0981. The number of carbonyl (C=O) groups is 1. The standard InChI is InChI=1S/C19H26N4O2.ClH/c1-13-5-4-7-15-18(13)21-12-23(19(15)25)10-9-17(24)22-16-8-3-2-6-14(16)11-20;/h4-5,7,12,14,16H,2-3,6,8-11,20H2,1H3,(H,22,24);1H. The highest BCUT2D eigenvalue weighted by Gasteiger charge is 2.25. The zero-order valence-corrected chi connectivity index (χ0v) is 15.9. The van der Waals surface area contributed by atoms with Crippen LogP contribution >= 0.6 is 12.4 Å². The monoisotopic (exact) mass is 378 g/mol. The molecule has 1 fully saturated rings. The van der Waals surface area contributed by atoms with Crippen molar-refractivity contribution in [3.05, 3.63) is 40.4 Å². The molecule has 0 radical (unpaired) electrons. The highest BCUT2D eigenvalue weighted by Crippen LogP contribution is 2.23. The van der Waals surface area contributed by atoms with Crippen molar-refractivity contribution in [3.63, 3.8) is 0 Å². The first-order chi connectivity index (χ1) is 12.1. The summed E-state index contributed by atoms with van der Waals surface area (Å²) in [6, 6.07) is 5.74. The van der Waals surface area contributed by atoms with Gasteiger partial charge in [-0.2, -0.15) is 0 Å². The van der Waals surface area contributed by atoms with E-state index in [4.69, 9.17) is 5.73 Å². The Morgan fingerprint density at radius 3 is 2.88 bits per heavy atom. The summed E-state index contributed by atoms with van der Waals surface area (Å²) in [5.74, 6) is 0.340. The Bertz CT molecular complexity index is 821. The minimum absolute atomic E-state index is 0. The quantitative estimate of drug-likeness (QED) is 0.834. The Morgan fingerprint density at radius 1 is 1.35 bits per heavy atom. The molecule has 3 N–H and O–H groups in total. The van der Waals surface area contributed by atoms with E-state index >= 15 is 0 Å². The van der Waals surface area contributed by atoms with E-state index in [1.807, 2.05) is 19.1 Å². The lowest BCUT2D eigenvalue weighted by molar-refractivity contribution is -0.122. The molecule has 1 aromatic heterocycles. The summed E-state index contributed by atoms with van der Waals surface area (Å²) in [6.45, 7) is 2.88. The molecular formula is C19H27ClN4O2. The molecule has 2 aromatic rings. The fourth-order valence-corrected chi connectivity index (χ4v) is 3.68. The second-order valence-corrected chi connectivity index (χ2v) is 6.92. The Kier molecular flexibility index (Phi) is 7.17. The van der Waals surface area contributed by atoms with Crippen molar-refractivity contribution >= 4 is 29.2 Å². The summed E-state index contributed by atoms with van der Waals surface area (Å²) in [7, 11) is 0. The van der Waals surface area contributed by atoms with Crippen LogP contribution in [0.2, 0.25) is 0 Å². The van der Waals surface area contributed by atoms with Crippen LogP contribution in [-0.2, 0) is 11.3 Å². The summed E-state index contributed by atoms with van der Waals surface area (Å²) < 4.78 is 1.52. The Balaban J connectivity index is 0.00000243. The highest BCUT2D eigenvalue weighted by molar-refractivity contribution is 5.85. The number of aromatic nitrogens is 2. The summed E-state index contributed by atoms with van der Waals surface area (Å²) in [4.78, 5) is 29.2. The predicted octanol–water partition coefficient (Wildman–Crippen LogP) is 2.15. The summed E-state index contributed by atoms with van der Waals surface area (Å²) in [5, 5.41) is 3.70. The molecule has 1 aliphatic carbocycles. The van der Waals surface area contributed by atoms with E-state index in [9.17, 15) is 9.59 Å². The number of halogens is 1. The van der Waals surface area contributed by atoms with E-state index < -0.39 is 0 Å². The van der Waals surface area contributed by atoms with Gasteiger partial charge in [0.2, 0.25) is 5.91 Å². The van der Waals surface area contributed by atoms with Gasteiger partial charge in [0.15, 0.2) is 0 Å². The average Bonchev–Trinajstić information content (AvgIpc) is 2.62. The van der Waals surface area contributed by atoms with Gasteiger partial charge in [-0.05, 0) is 43.9 Å². The van der Waals surface area contributed by atoms with Crippen molar-refractivity contribution < 1.29 is 4.79 Å². The van der Waals surface area contributed by atoms with Crippen LogP contribution in [0, 0.1) is 12.8 Å². The molecular weight excluding hydrogens is 352 g/mol. The number of para-hydroxylation sites is 1. The van der Waals surface area contributed by atoms with E-state index in [-0.39, 0.29) is 36.3 Å². The number of aryl methyl sites for hydroxylation is 2. The van der Waals surface area contributed by atoms with Crippen LogP contribution in [-0.4, -0.2) is 28.0 Å². The molecule has 1 aromatic carbocycles. The van der Waals surface area contributed by atoms with Crippen LogP contribution in [0.25, 0.3) is 10.9 Å². The van der Waals surface area contributed by atoms with Crippen LogP contribution in [0.15, 0.2) is 29.3 Å². The van der Waals surface area contributed by atoms with Gasteiger partial charge >= 0.3 is 0 Å². The lowest BCUT2D eigenvalue weighted by Gasteiger charge is -2.31. The number of fused-ring (bicyclic) bond motifs is 1. The lowest BCUT2D eigenvalue weighted by Crippen LogP contribution is -2.45. The molecule has 2 unspecified atom stereocenters. The first-order valence-corrected chi connectivity index (χ1v) is 9.04. The van der Waals surface area contributed by atoms with Gasteiger partial charge in [-0.3, -0.25) is 14.2 Å². The van der Waals surface area contributed by atoms with Gasteiger partial charge in [0.25, 0.3) is 5.56 Å². The number of nitrogens with zero attached hydrogens (tertiary/aromatic N) is 2. The Labute approximate surface area is 159 Å². The number of benzene rings is 1. The molecule has 0 bridgehead atoms. The fraction of sp³-hybridized carbons (Fsp3) is 0.526. The van der Waals surface area contributed by atoms with Gasteiger partial charge in [-0.25, -0.2) is 4.98 Å². The van der Waals surface area contributed by atoms with Crippen molar-refractivity contribution in [2.45, 2.75) is 51.6 Å². The van der Waals surface area contributed by atoms with Crippen LogP contribution in [0.5, 0.6) is 0 Å². The SMILES string of the molecule is Cc1cccc2c(=O)n(CCC(=O)NC3CCCCC3CN)cnc12.Cl. The molecule has 0 saturated heterocycles. The zero-order chi connectivity index (χ0) is 17.8. The topological polar surface area (TPSA) is 90.0 Å². The molecule has 3 rings (SSSR count). The van der Waals surface area contributed by atoms with Gasteiger partial charge in [0, 0.05) is 19.0 Å². The van der Waals surface area contributed by atoms with Gasteiger partial charge in [0.05, 0.1) is 17.2 Å². The number of carbonyl (C=O) groups excluding carboxylic acids is 1. The number of nitrogens with one attached hydrogen (secondary N) is 1. The lowest BCUT2D eigenvalue weighted by atomic mass is 9.84. The smallest absolute Gasteiger partial charge is 0.261 e. The van der Waals surface area contributed by atoms with Crippen molar-refractivity contribution in [2.75, 3.05) is 6.54 Å².